The number of rotatable bonds is 6. The van der Waals surface area contributed by atoms with Crippen molar-refractivity contribution in [3.8, 4) is 5.75 Å². The summed E-state index contributed by atoms with van der Waals surface area (Å²) in [7, 11) is 0. The normalized spacial score (nSPS) is 12.2. The van der Waals surface area contributed by atoms with Gasteiger partial charge in [0.05, 0.1) is 5.02 Å². The number of hydrogen-bond donors (Lipinski definition) is 1. The molecule has 2 aromatic rings. The topological polar surface area (TPSA) is 34.1 Å². The van der Waals surface area contributed by atoms with E-state index >= 15 is 0 Å². The molecule has 0 aliphatic rings. The first-order valence-corrected chi connectivity index (χ1v) is 7.13. The van der Waals surface area contributed by atoms with Gasteiger partial charge in [0.25, 0.3) is 0 Å². The molecule has 0 saturated heterocycles. The third-order valence-corrected chi connectivity index (χ3v) is 3.46. The van der Waals surface area contributed by atoms with E-state index in [1.807, 2.05) is 18.2 Å². The Labute approximate surface area is 124 Å². The first-order chi connectivity index (χ1) is 9.70. The van der Waals surface area contributed by atoms with Crippen LogP contribution in [-0.4, -0.2) is 11.5 Å². The molecule has 1 atom stereocenters. The van der Waals surface area contributed by atoms with Crippen molar-refractivity contribution in [3.05, 3.63) is 58.9 Å². The molecule has 1 N–H and O–H groups in total. The van der Waals surface area contributed by atoms with Gasteiger partial charge < -0.3 is 10.1 Å². The predicted molar refractivity (Wildman–Crippen MR) is 82.1 cm³/mol. The Hall–Kier alpha value is -1.58. The number of nitrogens with zero attached hydrogens (tertiary/aromatic N) is 1. The molecule has 0 aliphatic heterocycles. The second-order valence-electron chi connectivity index (χ2n) is 4.61. The molecular weight excluding hydrogens is 272 g/mol. The Kier molecular flexibility index (Phi) is 5.39. The highest BCUT2D eigenvalue weighted by Crippen LogP contribution is 2.21. The molecule has 0 amide bonds. The third-order valence-electron chi connectivity index (χ3n) is 3.12. The minimum absolute atomic E-state index is 0.313. The van der Waals surface area contributed by atoms with E-state index in [1.54, 1.807) is 12.4 Å². The standard InChI is InChI=1S/C16H19ClN2O/c1-3-19-12(2)13-5-4-6-15(9-13)20-11-14-7-8-18-10-16(14)17/h4-10,12,19H,3,11H2,1-2H3. The SMILES string of the molecule is CCNC(C)c1cccc(OCc2ccncc2Cl)c1. The Bertz CT molecular complexity index is 560. The summed E-state index contributed by atoms with van der Waals surface area (Å²) in [6.45, 7) is 5.63. The van der Waals surface area contributed by atoms with Gasteiger partial charge >= 0.3 is 0 Å². The molecule has 3 nitrogen and oxygen atoms in total. The summed E-state index contributed by atoms with van der Waals surface area (Å²) < 4.78 is 5.80. The van der Waals surface area contributed by atoms with Crippen molar-refractivity contribution in [1.82, 2.24) is 10.3 Å². The highest BCUT2D eigenvalue weighted by Gasteiger charge is 2.06. The molecule has 4 heteroatoms. The van der Waals surface area contributed by atoms with Gasteiger partial charge in [-0.1, -0.05) is 30.7 Å². The van der Waals surface area contributed by atoms with Gasteiger partial charge in [0.1, 0.15) is 12.4 Å². The maximum atomic E-state index is 6.06. The zero-order valence-corrected chi connectivity index (χ0v) is 12.5. The van der Waals surface area contributed by atoms with Gasteiger partial charge in [-0.15, -0.1) is 0 Å². The van der Waals surface area contributed by atoms with E-state index in [2.05, 4.69) is 36.3 Å². The molecule has 106 valence electrons. The molecule has 2 rings (SSSR count). The second-order valence-corrected chi connectivity index (χ2v) is 5.01. The maximum absolute atomic E-state index is 6.06. The average Bonchev–Trinajstić information content (AvgIpc) is 2.47. The van der Waals surface area contributed by atoms with Gasteiger partial charge in [0.2, 0.25) is 0 Å². The molecule has 0 radical (unpaired) electrons. The number of pyridine rings is 1. The summed E-state index contributed by atoms with van der Waals surface area (Å²) in [5.74, 6) is 0.847. The monoisotopic (exact) mass is 290 g/mol. The summed E-state index contributed by atoms with van der Waals surface area (Å²) in [5, 5.41) is 4.02. The number of benzene rings is 1. The van der Waals surface area contributed by atoms with Gasteiger partial charge in [-0.05, 0) is 37.2 Å². The quantitative estimate of drug-likeness (QED) is 0.873. The van der Waals surface area contributed by atoms with Crippen LogP contribution in [0.1, 0.15) is 31.0 Å². The molecule has 0 bridgehead atoms. The van der Waals surface area contributed by atoms with Crippen molar-refractivity contribution >= 4 is 11.6 Å². The number of nitrogens with one attached hydrogen (secondary N) is 1. The summed E-state index contributed by atoms with van der Waals surface area (Å²) in [5.41, 5.74) is 2.15. The van der Waals surface area contributed by atoms with Crippen LogP contribution in [0.15, 0.2) is 42.7 Å². The lowest BCUT2D eigenvalue weighted by atomic mass is 10.1. The lowest BCUT2D eigenvalue weighted by molar-refractivity contribution is 0.305. The largest absolute Gasteiger partial charge is 0.489 e. The molecule has 1 unspecified atom stereocenters. The van der Waals surface area contributed by atoms with Crippen molar-refractivity contribution < 1.29 is 4.74 Å². The van der Waals surface area contributed by atoms with Crippen LogP contribution in [0.3, 0.4) is 0 Å². The molecular formula is C16H19ClN2O. The Balaban J connectivity index is 2.03. The van der Waals surface area contributed by atoms with Gasteiger partial charge in [0.15, 0.2) is 0 Å². The van der Waals surface area contributed by atoms with Crippen molar-refractivity contribution in [2.75, 3.05) is 6.54 Å². The third kappa shape index (κ3) is 3.95. The molecule has 1 aromatic heterocycles. The first-order valence-electron chi connectivity index (χ1n) is 6.75. The molecule has 1 heterocycles. The number of ether oxygens (including phenoxy) is 1. The van der Waals surface area contributed by atoms with Gasteiger partial charge in [-0.3, -0.25) is 4.98 Å². The van der Waals surface area contributed by atoms with Crippen LogP contribution >= 0.6 is 11.6 Å². The highest BCUT2D eigenvalue weighted by molar-refractivity contribution is 6.31. The van der Waals surface area contributed by atoms with E-state index in [1.165, 1.54) is 5.56 Å². The summed E-state index contributed by atoms with van der Waals surface area (Å²) in [6.07, 6.45) is 3.35. The number of hydrogen-bond acceptors (Lipinski definition) is 3. The Morgan fingerprint density at radius 3 is 2.95 bits per heavy atom. The lowest BCUT2D eigenvalue weighted by Crippen LogP contribution is -2.17. The van der Waals surface area contributed by atoms with Gasteiger partial charge in [-0.2, -0.15) is 0 Å². The van der Waals surface area contributed by atoms with Crippen LogP contribution in [0.4, 0.5) is 0 Å². The fraction of sp³-hybridized carbons (Fsp3) is 0.312. The van der Waals surface area contributed by atoms with Crippen LogP contribution < -0.4 is 10.1 Å². The minimum atomic E-state index is 0.313. The average molecular weight is 291 g/mol. The Morgan fingerprint density at radius 2 is 2.20 bits per heavy atom. The highest BCUT2D eigenvalue weighted by atomic mass is 35.5. The zero-order valence-electron chi connectivity index (χ0n) is 11.8. The minimum Gasteiger partial charge on any atom is -0.489 e. The molecule has 0 aliphatic carbocycles. The van der Waals surface area contributed by atoms with E-state index < -0.39 is 0 Å². The lowest BCUT2D eigenvalue weighted by Gasteiger charge is -2.14. The van der Waals surface area contributed by atoms with E-state index in [0.717, 1.165) is 17.9 Å². The molecule has 0 spiro atoms. The smallest absolute Gasteiger partial charge is 0.120 e. The van der Waals surface area contributed by atoms with Gasteiger partial charge in [0, 0.05) is 24.0 Å². The predicted octanol–water partition coefficient (Wildman–Crippen LogP) is 3.98. The van der Waals surface area contributed by atoms with Crippen molar-refractivity contribution in [1.29, 1.82) is 0 Å². The van der Waals surface area contributed by atoms with E-state index in [0.29, 0.717) is 17.7 Å². The molecule has 0 fully saturated rings. The zero-order chi connectivity index (χ0) is 14.4. The van der Waals surface area contributed by atoms with Crippen LogP contribution in [-0.2, 0) is 6.61 Å². The fourth-order valence-electron chi connectivity index (χ4n) is 1.98. The van der Waals surface area contributed by atoms with Crippen molar-refractivity contribution in [2.45, 2.75) is 26.5 Å². The van der Waals surface area contributed by atoms with Gasteiger partial charge in [-0.25, -0.2) is 0 Å². The fourth-order valence-corrected chi connectivity index (χ4v) is 2.15. The van der Waals surface area contributed by atoms with E-state index in [9.17, 15) is 0 Å². The summed E-state index contributed by atoms with van der Waals surface area (Å²) in [4.78, 5) is 3.96. The number of aromatic nitrogens is 1. The van der Waals surface area contributed by atoms with Crippen LogP contribution in [0.5, 0.6) is 5.75 Å². The van der Waals surface area contributed by atoms with Crippen molar-refractivity contribution in [3.63, 3.8) is 0 Å². The summed E-state index contributed by atoms with van der Waals surface area (Å²) in [6, 6.07) is 10.3. The van der Waals surface area contributed by atoms with Crippen LogP contribution in [0, 0.1) is 0 Å². The van der Waals surface area contributed by atoms with E-state index in [4.69, 9.17) is 16.3 Å². The van der Waals surface area contributed by atoms with Crippen LogP contribution in [0.2, 0.25) is 5.02 Å². The molecule has 1 aromatic carbocycles. The van der Waals surface area contributed by atoms with Crippen LogP contribution in [0.25, 0.3) is 0 Å². The second kappa shape index (κ2) is 7.27. The summed E-state index contributed by atoms with van der Waals surface area (Å²) >= 11 is 6.06. The molecule has 20 heavy (non-hydrogen) atoms. The van der Waals surface area contributed by atoms with Crippen molar-refractivity contribution in [2.24, 2.45) is 0 Å². The molecule has 0 saturated carbocycles. The van der Waals surface area contributed by atoms with E-state index in [-0.39, 0.29) is 0 Å². The first kappa shape index (κ1) is 14.8. The number of halogens is 1. The maximum Gasteiger partial charge on any atom is 0.120 e. The Morgan fingerprint density at radius 1 is 1.35 bits per heavy atom.